The van der Waals surface area contributed by atoms with Gasteiger partial charge in [0.05, 0.1) is 11.3 Å². The van der Waals surface area contributed by atoms with Crippen molar-refractivity contribution in [2.75, 3.05) is 0 Å². The lowest BCUT2D eigenvalue weighted by Gasteiger charge is -1.94. The maximum atomic E-state index is 8.88. The number of imidazole rings is 1. The molecule has 0 aliphatic heterocycles. The van der Waals surface area contributed by atoms with Crippen molar-refractivity contribution < 1.29 is 0 Å². The SMILES string of the molecule is CC(C)c1cn2cccc(C#N)c2n1. The molecule has 2 aromatic heterocycles. The summed E-state index contributed by atoms with van der Waals surface area (Å²) in [6.07, 6.45) is 3.88. The molecule has 0 aliphatic carbocycles. The summed E-state index contributed by atoms with van der Waals surface area (Å²) < 4.78 is 1.90. The molecule has 0 aliphatic rings. The number of hydrogen-bond donors (Lipinski definition) is 0. The monoisotopic (exact) mass is 185 g/mol. The number of fused-ring (bicyclic) bond motifs is 1. The van der Waals surface area contributed by atoms with Crippen molar-refractivity contribution in [3.8, 4) is 6.07 Å². The zero-order valence-electron chi connectivity index (χ0n) is 8.23. The summed E-state index contributed by atoms with van der Waals surface area (Å²) in [7, 11) is 0. The summed E-state index contributed by atoms with van der Waals surface area (Å²) >= 11 is 0. The Kier molecular flexibility index (Phi) is 1.97. The van der Waals surface area contributed by atoms with Crippen LogP contribution in [0.3, 0.4) is 0 Å². The fourth-order valence-electron chi connectivity index (χ4n) is 1.40. The van der Waals surface area contributed by atoms with Crippen LogP contribution in [-0.2, 0) is 0 Å². The molecule has 2 aromatic rings. The third kappa shape index (κ3) is 1.25. The van der Waals surface area contributed by atoms with Crippen LogP contribution in [0.1, 0.15) is 31.0 Å². The van der Waals surface area contributed by atoms with Crippen LogP contribution in [0.5, 0.6) is 0 Å². The molecule has 70 valence electrons. The Labute approximate surface area is 82.6 Å². The highest BCUT2D eigenvalue weighted by Gasteiger charge is 2.07. The fraction of sp³-hybridized carbons (Fsp3) is 0.273. The Morgan fingerprint density at radius 1 is 1.50 bits per heavy atom. The van der Waals surface area contributed by atoms with E-state index in [1.807, 2.05) is 22.9 Å². The second-order valence-electron chi connectivity index (χ2n) is 3.59. The van der Waals surface area contributed by atoms with Gasteiger partial charge in [-0.15, -0.1) is 0 Å². The molecule has 0 aromatic carbocycles. The molecule has 0 N–H and O–H groups in total. The molecule has 0 atom stereocenters. The fourth-order valence-corrected chi connectivity index (χ4v) is 1.40. The summed E-state index contributed by atoms with van der Waals surface area (Å²) in [6.45, 7) is 4.18. The summed E-state index contributed by atoms with van der Waals surface area (Å²) in [4.78, 5) is 4.42. The first-order valence-corrected chi connectivity index (χ1v) is 4.60. The summed E-state index contributed by atoms with van der Waals surface area (Å²) in [6, 6.07) is 5.78. The molecule has 14 heavy (non-hydrogen) atoms. The number of pyridine rings is 1. The van der Waals surface area contributed by atoms with E-state index in [0.717, 1.165) is 11.3 Å². The summed E-state index contributed by atoms with van der Waals surface area (Å²) in [5.41, 5.74) is 2.39. The first kappa shape index (κ1) is 8.76. The zero-order valence-corrected chi connectivity index (χ0v) is 8.23. The minimum Gasteiger partial charge on any atom is -0.306 e. The summed E-state index contributed by atoms with van der Waals surface area (Å²) in [5.74, 6) is 0.390. The van der Waals surface area contributed by atoms with Crippen molar-refractivity contribution in [1.82, 2.24) is 9.38 Å². The Balaban J connectivity index is 2.72. The lowest BCUT2D eigenvalue weighted by molar-refractivity contribution is 0.834. The molecule has 2 heterocycles. The minimum atomic E-state index is 0.390. The van der Waals surface area contributed by atoms with Crippen molar-refractivity contribution in [3.05, 3.63) is 35.8 Å². The molecule has 3 heteroatoms. The smallest absolute Gasteiger partial charge is 0.154 e. The van der Waals surface area contributed by atoms with Crippen molar-refractivity contribution in [1.29, 1.82) is 5.26 Å². The van der Waals surface area contributed by atoms with Gasteiger partial charge in [-0.05, 0) is 18.1 Å². The zero-order chi connectivity index (χ0) is 10.1. The van der Waals surface area contributed by atoms with E-state index in [0.29, 0.717) is 11.5 Å². The van der Waals surface area contributed by atoms with Crippen molar-refractivity contribution in [3.63, 3.8) is 0 Å². The number of nitrogens with zero attached hydrogens (tertiary/aromatic N) is 3. The van der Waals surface area contributed by atoms with Crippen LogP contribution in [0.15, 0.2) is 24.5 Å². The van der Waals surface area contributed by atoms with Gasteiger partial charge in [0.1, 0.15) is 6.07 Å². The molecule has 0 saturated carbocycles. The number of nitriles is 1. The Morgan fingerprint density at radius 3 is 2.93 bits per heavy atom. The molecule has 3 nitrogen and oxygen atoms in total. The highest BCUT2D eigenvalue weighted by Crippen LogP contribution is 2.16. The third-order valence-electron chi connectivity index (χ3n) is 2.21. The van der Waals surface area contributed by atoms with Gasteiger partial charge in [-0.3, -0.25) is 0 Å². The number of rotatable bonds is 1. The van der Waals surface area contributed by atoms with Gasteiger partial charge in [0.15, 0.2) is 5.65 Å². The largest absolute Gasteiger partial charge is 0.306 e. The van der Waals surface area contributed by atoms with Crippen LogP contribution in [-0.4, -0.2) is 9.38 Å². The Morgan fingerprint density at radius 2 is 2.29 bits per heavy atom. The van der Waals surface area contributed by atoms with Gasteiger partial charge in [-0.2, -0.15) is 5.26 Å². The molecule has 2 rings (SSSR count). The number of aromatic nitrogens is 2. The van der Waals surface area contributed by atoms with Crippen LogP contribution in [0.4, 0.5) is 0 Å². The van der Waals surface area contributed by atoms with E-state index >= 15 is 0 Å². The minimum absolute atomic E-state index is 0.390. The molecule has 0 bridgehead atoms. The average Bonchev–Trinajstić information content (AvgIpc) is 2.60. The highest BCUT2D eigenvalue weighted by atomic mass is 15.0. The van der Waals surface area contributed by atoms with Gasteiger partial charge in [-0.1, -0.05) is 13.8 Å². The van der Waals surface area contributed by atoms with E-state index < -0.39 is 0 Å². The predicted molar refractivity (Wildman–Crippen MR) is 54.0 cm³/mol. The topological polar surface area (TPSA) is 41.1 Å². The Hall–Kier alpha value is -1.82. The average molecular weight is 185 g/mol. The first-order valence-electron chi connectivity index (χ1n) is 4.60. The second-order valence-corrected chi connectivity index (χ2v) is 3.59. The lowest BCUT2D eigenvalue weighted by atomic mass is 10.2. The van der Waals surface area contributed by atoms with Crippen LogP contribution in [0.25, 0.3) is 5.65 Å². The third-order valence-corrected chi connectivity index (χ3v) is 2.21. The molecule has 0 spiro atoms. The molecule has 0 saturated heterocycles. The standard InChI is InChI=1S/C11H11N3/c1-8(2)10-7-14-5-3-4-9(6-12)11(14)13-10/h3-5,7-8H,1-2H3. The first-order chi connectivity index (χ1) is 6.72. The highest BCUT2D eigenvalue weighted by molar-refractivity contribution is 5.55. The van der Waals surface area contributed by atoms with Gasteiger partial charge < -0.3 is 4.40 Å². The van der Waals surface area contributed by atoms with E-state index in [9.17, 15) is 0 Å². The van der Waals surface area contributed by atoms with Crippen molar-refractivity contribution >= 4 is 5.65 Å². The quantitative estimate of drug-likeness (QED) is 0.684. The van der Waals surface area contributed by atoms with E-state index in [-0.39, 0.29) is 0 Å². The van der Waals surface area contributed by atoms with E-state index in [1.54, 1.807) is 6.07 Å². The normalized spacial score (nSPS) is 10.7. The maximum Gasteiger partial charge on any atom is 0.154 e. The van der Waals surface area contributed by atoms with Crippen LogP contribution in [0, 0.1) is 11.3 Å². The Bertz CT molecular complexity index is 503. The van der Waals surface area contributed by atoms with Crippen LogP contribution in [0.2, 0.25) is 0 Å². The van der Waals surface area contributed by atoms with Gasteiger partial charge in [0, 0.05) is 12.4 Å². The van der Waals surface area contributed by atoms with Crippen LogP contribution >= 0.6 is 0 Å². The van der Waals surface area contributed by atoms with E-state index in [4.69, 9.17) is 5.26 Å². The van der Waals surface area contributed by atoms with Gasteiger partial charge in [0.2, 0.25) is 0 Å². The van der Waals surface area contributed by atoms with Crippen molar-refractivity contribution in [2.45, 2.75) is 19.8 Å². The van der Waals surface area contributed by atoms with Gasteiger partial charge >= 0.3 is 0 Å². The van der Waals surface area contributed by atoms with Crippen LogP contribution < -0.4 is 0 Å². The van der Waals surface area contributed by atoms with Crippen molar-refractivity contribution in [2.24, 2.45) is 0 Å². The van der Waals surface area contributed by atoms with Gasteiger partial charge in [0.25, 0.3) is 0 Å². The maximum absolute atomic E-state index is 8.88. The molecular weight excluding hydrogens is 174 g/mol. The van der Waals surface area contributed by atoms with Gasteiger partial charge in [-0.25, -0.2) is 4.98 Å². The second kappa shape index (κ2) is 3.15. The van der Waals surface area contributed by atoms with E-state index in [2.05, 4.69) is 24.9 Å². The van der Waals surface area contributed by atoms with E-state index in [1.165, 1.54) is 0 Å². The molecule has 0 radical (unpaired) electrons. The predicted octanol–water partition coefficient (Wildman–Crippen LogP) is 2.33. The molecule has 0 fully saturated rings. The molecule has 0 amide bonds. The lowest BCUT2D eigenvalue weighted by Crippen LogP contribution is -1.86. The number of hydrogen-bond acceptors (Lipinski definition) is 2. The molecular formula is C11H11N3. The summed E-state index contributed by atoms with van der Waals surface area (Å²) in [5, 5.41) is 8.88. The molecule has 0 unspecified atom stereocenters.